The summed E-state index contributed by atoms with van der Waals surface area (Å²) in [5.41, 5.74) is -2.51. The fourth-order valence-electron chi connectivity index (χ4n) is 6.38. The lowest BCUT2D eigenvalue weighted by Gasteiger charge is -2.49. The van der Waals surface area contributed by atoms with Crippen molar-refractivity contribution in [3.63, 3.8) is 0 Å². The van der Waals surface area contributed by atoms with Crippen molar-refractivity contribution in [3.8, 4) is 11.1 Å². The zero-order valence-electron chi connectivity index (χ0n) is 23.8. The van der Waals surface area contributed by atoms with Crippen LogP contribution < -0.4 is 10.6 Å². The number of hydrogen-bond acceptors (Lipinski definition) is 7. The zero-order chi connectivity index (χ0) is 31.5. The molecule has 8 nitrogen and oxygen atoms in total. The number of hydrogen-bond donors (Lipinski definition) is 0. The molecular formula is C30H28F5N5O3S. The van der Waals surface area contributed by atoms with Gasteiger partial charge in [0.25, 0.3) is 0 Å². The number of piperidine rings is 1. The molecule has 0 N–H and O–H groups in total. The van der Waals surface area contributed by atoms with Crippen molar-refractivity contribution in [3.05, 3.63) is 64.1 Å². The molecule has 2 unspecified atom stereocenters. The first-order valence-corrected chi connectivity index (χ1v) is 15.0. The first-order chi connectivity index (χ1) is 20.8. The number of alkyl halides is 3. The molecule has 14 heteroatoms. The molecule has 3 aliphatic rings. The Labute approximate surface area is 253 Å². The smallest absolute Gasteiger partial charge is 0.352 e. The van der Waals surface area contributed by atoms with Gasteiger partial charge >= 0.3 is 11.9 Å². The molecule has 0 saturated carbocycles. The topological polar surface area (TPSA) is 78.8 Å². The van der Waals surface area contributed by atoms with Crippen LogP contribution in [0, 0.1) is 11.6 Å². The molecule has 6 rings (SSSR count). The highest BCUT2D eigenvalue weighted by atomic mass is 32.2. The summed E-state index contributed by atoms with van der Waals surface area (Å²) >= 11 is 1.07. The van der Waals surface area contributed by atoms with Gasteiger partial charge in [-0.05, 0) is 32.3 Å². The number of amides is 1. The van der Waals surface area contributed by atoms with Crippen molar-refractivity contribution < 1.29 is 31.5 Å². The molecule has 2 aromatic carbocycles. The molecule has 1 aromatic heterocycles. The maximum absolute atomic E-state index is 15.0. The van der Waals surface area contributed by atoms with Gasteiger partial charge in [-0.25, -0.2) is 13.6 Å². The molecule has 2 atom stereocenters. The van der Waals surface area contributed by atoms with Gasteiger partial charge in [-0.15, -0.1) is 11.8 Å². The van der Waals surface area contributed by atoms with Gasteiger partial charge in [0.2, 0.25) is 5.91 Å². The number of rotatable bonds is 5. The van der Waals surface area contributed by atoms with Crippen LogP contribution in [0.15, 0.2) is 46.1 Å². The Morgan fingerprint density at radius 2 is 1.82 bits per heavy atom. The van der Waals surface area contributed by atoms with E-state index in [9.17, 15) is 36.3 Å². The zero-order valence-corrected chi connectivity index (χ0v) is 24.6. The maximum Gasteiger partial charge on any atom is 0.417 e. The first-order valence-electron chi connectivity index (χ1n) is 14.0. The van der Waals surface area contributed by atoms with Crippen molar-refractivity contribution in [2.75, 3.05) is 44.4 Å². The van der Waals surface area contributed by atoms with E-state index in [0.717, 1.165) is 30.0 Å². The third-order valence-electron chi connectivity index (χ3n) is 8.13. The Kier molecular flexibility index (Phi) is 7.77. The number of aromatic nitrogens is 2. The molecule has 2 saturated heterocycles. The molecule has 1 amide bonds. The Hall–Kier alpha value is -3.78. The number of ketones is 1. The van der Waals surface area contributed by atoms with Crippen molar-refractivity contribution >= 4 is 40.2 Å². The Morgan fingerprint density at radius 3 is 2.45 bits per heavy atom. The van der Waals surface area contributed by atoms with Crippen molar-refractivity contribution in [2.24, 2.45) is 0 Å². The Balaban J connectivity index is 1.50. The van der Waals surface area contributed by atoms with Crippen LogP contribution in [0.3, 0.4) is 0 Å². The normalized spacial score (nSPS) is 20.3. The predicted octanol–water partition coefficient (Wildman–Crippen LogP) is 4.33. The van der Waals surface area contributed by atoms with Gasteiger partial charge in [-0.3, -0.25) is 14.2 Å². The number of anilines is 1. The minimum atomic E-state index is -4.93. The summed E-state index contributed by atoms with van der Waals surface area (Å²) in [6, 6.07) is 2.14. The summed E-state index contributed by atoms with van der Waals surface area (Å²) in [5.74, 6) is -2.11. The third kappa shape index (κ3) is 5.38. The number of carbonyl (C=O) groups is 2. The highest BCUT2D eigenvalue weighted by Gasteiger charge is 2.44. The average Bonchev–Trinajstić information content (AvgIpc) is 2.93. The molecule has 0 aliphatic carbocycles. The molecule has 2 bridgehead atoms. The van der Waals surface area contributed by atoms with E-state index in [2.05, 4.69) is 4.98 Å². The van der Waals surface area contributed by atoms with E-state index in [-0.39, 0.29) is 71.5 Å². The molecule has 2 fully saturated rings. The molecular weight excluding hydrogens is 605 g/mol. The van der Waals surface area contributed by atoms with Crippen molar-refractivity contribution in [2.45, 2.75) is 42.5 Å². The lowest BCUT2D eigenvalue weighted by molar-refractivity contribution is -0.139. The van der Waals surface area contributed by atoms with E-state index in [1.54, 1.807) is 15.9 Å². The molecule has 4 heterocycles. The van der Waals surface area contributed by atoms with Crippen LogP contribution in [0.4, 0.5) is 27.8 Å². The lowest BCUT2D eigenvalue weighted by Crippen LogP contribution is -2.64. The van der Waals surface area contributed by atoms with Gasteiger partial charge in [0, 0.05) is 78.3 Å². The lowest BCUT2D eigenvalue weighted by atomic mass is 9.89. The van der Waals surface area contributed by atoms with E-state index < -0.39 is 52.3 Å². The van der Waals surface area contributed by atoms with Gasteiger partial charge in [-0.1, -0.05) is 6.08 Å². The Bertz CT molecular complexity index is 1750. The van der Waals surface area contributed by atoms with E-state index in [0.29, 0.717) is 12.6 Å². The van der Waals surface area contributed by atoms with Gasteiger partial charge in [0.15, 0.2) is 0 Å². The van der Waals surface area contributed by atoms with Crippen LogP contribution in [0.5, 0.6) is 0 Å². The monoisotopic (exact) mass is 633 g/mol. The highest BCUT2D eigenvalue weighted by molar-refractivity contribution is 7.99. The number of Topliss-reactive ketones (excluding diaryl/α,β-unsaturated/α-hetero) is 1. The number of benzene rings is 2. The fourth-order valence-corrected chi connectivity index (χ4v) is 7.58. The number of carbonyl (C=O) groups excluding carboxylic acids is 2. The predicted molar refractivity (Wildman–Crippen MR) is 156 cm³/mol. The first kappa shape index (κ1) is 30.3. The Morgan fingerprint density at radius 1 is 1.11 bits per heavy atom. The van der Waals surface area contributed by atoms with E-state index in [4.69, 9.17) is 0 Å². The highest BCUT2D eigenvalue weighted by Crippen LogP contribution is 2.49. The fraction of sp³-hybridized carbons (Fsp3) is 0.400. The van der Waals surface area contributed by atoms with Crippen LogP contribution in [0.25, 0.3) is 22.0 Å². The molecule has 3 aliphatic heterocycles. The van der Waals surface area contributed by atoms with Gasteiger partial charge in [0.1, 0.15) is 23.2 Å². The number of halogens is 5. The standard InChI is InChI=1S/C30H28F5N5O3S/c1-37(2)7-3-4-24(42)40-17-11-19(41)12-18(40)15-38(14-17)28-21-13-22(30(33,34)35)25(20-6-5-16(31)10-23(20)32)27-26(21)39(8-9-44-27)29(43)36-28/h3-6,10,13,17-18H,7-9,11-12,14-15H2,1-2H3. The SMILES string of the molecule is CN(C)CC=CC(=O)N1C2CC(=O)CC1CN(c1nc(=O)n3c4c(c(-c5ccc(F)cc5F)c(C(F)(F)F)cc14)SCC3)C2. The largest absolute Gasteiger partial charge is 0.417 e. The molecule has 44 heavy (non-hydrogen) atoms. The molecule has 3 aromatic rings. The van der Waals surface area contributed by atoms with E-state index >= 15 is 0 Å². The average molecular weight is 634 g/mol. The number of likely N-dealkylation sites (N-methyl/N-ethyl adjacent to an activating group) is 1. The van der Waals surface area contributed by atoms with Crippen LogP contribution in [-0.2, 0) is 22.3 Å². The maximum atomic E-state index is 15.0. The second-order valence-corrected chi connectivity index (χ2v) is 12.5. The van der Waals surface area contributed by atoms with Gasteiger partial charge in [-0.2, -0.15) is 18.2 Å². The van der Waals surface area contributed by atoms with E-state index in [1.807, 2.05) is 19.0 Å². The third-order valence-corrected chi connectivity index (χ3v) is 9.20. The van der Waals surface area contributed by atoms with Crippen LogP contribution in [-0.4, -0.2) is 82.6 Å². The summed E-state index contributed by atoms with van der Waals surface area (Å²) in [5, 5.41) is 0.0560. The van der Waals surface area contributed by atoms with Crippen LogP contribution >= 0.6 is 11.8 Å². The number of piperazine rings is 1. The second-order valence-electron chi connectivity index (χ2n) is 11.4. The summed E-state index contributed by atoms with van der Waals surface area (Å²) in [6.07, 6.45) is -1.61. The van der Waals surface area contributed by atoms with Gasteiger partial charge in [0.05, 0.1) is 23.2 Å². The summed E-state index contributed by atoms with van der Waals surface area (Å²) < 4.78 is 74.1. The van der Waals surface area contributed by atoms with Crippen molar-refractivity contribution in [1.29, 1.82) is 0 Å². The van der Waals surface area contributed by atoms with Crippen LogP contribution in [0.2, 0.25) is 0 Å². The molecule has 0 radical (unpaired) electrons. The molecule has 232 valence electrons. The summed E-state index contributed by atoms with van der Waals surface area (Å²) in [4.78, 5) is 48.5. The van der Waals surface area contributed by atoms with E-state index in [1.165, 1.54) is 10.6 Å². The van der Waals surface area contributed by atoms with Crippen molar-refractivity contribution in [1.82, 2.24) is 19.4 Å². The van der Waals surface area contributed by atoms with Crippen LogP contribution in [0.1, 0.15) is 18.4 Å². The number of nitrogens with zero attached hydrogens (tertiary/aromatic N) is 5. The summed E-state index contributed by atoms with van der Waals surface area (Å²) in [6.45, 7) is 0.884. The molecule has 0 spiro atoms. The number of thioether (sulfide) groups is 1. The van der Waals surface area contributed by atoms with Gasteiger partial charge < -0.3 is 14.7 Å². The minimum absolute atomic E-state index is 0.0150. The number of aryl methyl sites for hydroxylation is 1. The number of fused-ring (bicyclic) bond motifs is 2. The second kappa shape index (κ2) is 11.3. The quantitative estimate of drug-likeness (QED) is 0.306. The summed E-state index contributed by atoms with van der Waals surface area (Å²) in [7, 11) is 3.72. The minimum Gasteiger partial charge on any atom is -0.352 e.